The molecule has 0 radical (unpaired) electrons. The van der Waals surface area contributed by atoms with Crippen molar-refractivity contribution in [2.45, 2.75) is 188 Å². The molecule has 0 bridgehead atoms. The highest BCUT2D eigenvalue weighted by molar-refractivity contribution is 5.77. The highest BCUT2D eigenvalue weighted by Gasteiger charge is 2.43. The second-order valence-corrected chi connectivity index (χ2v) is 16.8. The van der Waals surface area contributed by atoms with Gasteiger partial charge in [-0.2, -0.15) is 0 Å². The van der Waals surface area contributed by atoms with Crippen LogP contribution in [0.1, 0.15) is 170 Å². The Bertz CT molecular complexity index is 1150. The van der Waals surface area contributed by atoms with Crippen LogP contribution in [0.3, 0.4) is 0 Å². The molecule has 0 aromatic heterocycles. The Kier molecular flexibility index (Phi) is 23.2. The molecule has 8 nitrogen and oxygen atoms in total. The number of carbonyl (C=O) groups excluding carboxylic acids is 3. The summed E-state index contributed by atoms with van der Waals surface area (Å²) in [5.41, 5.74) is 0.677. The van der Waals surface area contributed by atoms with Gasteiger partial charge in [-0.25, -0.2) is 0 Å². The maximum atomic E-state index is 13.1. The van der Waals surface area contributed by atoms with Gasteiger partial charge >= 0.3 is 5.97 Å². The predicted octanol–water partition coefficient (Wildman–Crippen LogP) is 9.29. The smallest absolute Gasteiger partial charge is 0.311 e. The molecular formula is C45H78N2O6. The van der Waals surface area contributed by atoms with Gasteiger partial charge in [-0.3, -0.25) is 14.4 Å². The van der Waals surface area contributed by atoms with Crippen molar-refractivity contribution in [3.8, 4) is 0 Å². The average Bonchev–Trinajstić information content (AvgIpc) is 3.11. The fourth-order valence-corrected chi connectivity index (χ4v) is 7.70. The van der Waals surface area contributed by atoms with Crippen molar-refractivity contribution in [2.75, 3.05) is 13.1 Å². The second kappa shape index (κ2) is 26.4. The Hall–Kier alpha value is -2.45. The third kappa shape index (κ3) is 19.1. The lowest BCUT2D eigenvalue weighted by Gasteiger charge is -2.44. The number of nitrogens with one attached hydrogen (secondary N) is 2. The first kappa shape index (κ1) is 46.7. The number of aliphatic hydroxyl groups excluding tert-OH is 2. The molecule has 7 atom stereocenters. The van der Waals surface area contributed by atoms with Gasteiger partial charge in [0.2, 0.25) is 11.8 Å². The summed E-state index contributed by atoms with van der Waals surface area (Å²) in [5.74, 6) is 0.396. The zero-order chi connectivity index (χ0) is 39.1. The van der Waals surface area contributed by atoms with E-state index in [-0.39, 0.29) is 54.5 Å². The molecule has 2 amide bonds. The van der Waals surface area contributed by atoms with E-state index in [1.165, 1.54) is 63.4 Å². The van der Waals surface area contributed by atoms with Crippen LogP contribution in [0, 0.1) is 29.1 Å². The van der Waals surface area contributed by atoms with E-state index in [2.05, 4.69) is 61.8 Å². The number of allylic oxidation sites excluding steroid dienone is 5. The summed E-state index contributed by atoms with van der Waals surface area (Å²) in [4.78, 5) is 37.7. The summed E-state index contributed by atoms with van der Waals surface area (Å²) >= 11 is 0. The molecule has 2 aliphatic carbocycles. The molecule has 8 heteroatoms. The average molecular weight is 743 g/mol. The number of amides is 2. The van der Waals surface area contributed by atoms with Crippen molar-refractivity contribution in [3.63, 3.8) is 0 Å². The molecule has 0 spiro atoms. The Balaban J connectivity index is 1.58. The number of rotatable bonds is 28. The largest absolute Gasteiger partial charge is 0.461 e. The number of hydrogen-bond donors (Lipinski definition) is 4. The van der Waals surface area contributed by atoms with Crippen LogP contribution in [0.4, 0.5) is 0 Å². The van der Waals surface area contributed by atoms with Crippen LogP contribution in [0.25, 0.3) is 0 Å². The molecule has 0 aromatic carbocycles. The van der Waals surface area contributed by atoms with Gasteiger partial charge in [0, 0.05) is 25.4 Å². The predicted molar refractivity (Wildman–Crippen MR) is 217 cm³/mol. The summed E-state index contributed by atoms with van der Waals surface area (Å²) in [6.45, 7) is 13.1. The minimum atomic E-state index is -0.958. The van der Waals surface area contributed by atoms with E-state index in [1.54, 1.807) is 0 Å². The summed E-state index contributed by atoms with van der Waals surface area (Å²) in [7, 11) is 0. The molecule has 0 fully saturated rings. The Morgan fingerprint density at radius 3 is 2.11 bits per heavy atom. The maximum absolute atomic E-state index is 13.1. The maximum Gasteiger partial charge on any atom is 0.311 e. The highest BCUT2D eigenvalue weighted by atomic mass is 16.5. The number of aliphatic hydroxyl groups is 2. The fourth-order valence-electron chi connectivity index (χ4n) is 7.70. The molecule has 53 heavy (non-hydrogen) atoms. The van der Waals surface area contributed by atoms with E-state index in [0.717, 1.165) is 38.5 Å². The van der Waals surface area contributed by atoms with Crippen LogP contribution in [0.2, 0.25) is 0 Å². The molecule has 0 aliphatic heterocycles. The number of ether oxygens (including phenoxy) is 1. The van der Waals surface area contributed by atoms with Crippen LogP contribution >= 0.6 is 0 Å². The summed E-state index contributed by atoms with van der Waals surface area (Å²) in [6.07, 6.45) is 28.6. The van der Waals surface area contributed by atoms with Crippen molar-refractivity contribution in [1.82, 2.24) is 10.6 Å². The van der Waals surface area contributed by atoms with Crippen molar-refractivity contribution in [3.05, 3.63) is 36.0 Å². The minimum absolute atomic E-state index is 0.00226. The monoisotopic (exact) mass is 743 g/mol. The van der Waals surface area contributed by atoms with E-state index in [1.807, 2.05) is 20.8 Å². The third-order valence-corrected chi connectivity index (χ3v) is 11.5. The number of unbranched alkanes of at least 4 members (excludes halogenated alkanes) is 11. The Morgan fingerprint density at radius 2 is 1.47 bits per heavy atom. The Labute approximate surface area is 323 Å². The van der Waals surface area contributed by atoms with Gasteiger partial charge < -0.3 is 25.6 Å². The zero-order valence-electron chi connectivity index (χ0n) is 34.5. The number of hydrogen-bond acceptors (Lipinski definition) is 6. The first-order valence-electron chi connectivity index (χ1n) is 21.5. The molecule has 2 aliphatic rings. The zero-order valence-corrected chi connectivity index (χ0v) is 34.5. The summed E-state index contributed by atoms with van der Waals surface area (Å²) in [6, 6.07) is 0. The van der Waals surface area contributed by atoms with Crippen LogP contribution in [-0.4, -0.2) is 59.4 Å². The number of fused-ring (bicyclic) bond motifs is 1. The lowest BCUT2D eigenvalue weighted by Crippen LogP contribution is -2.43. The standard InChI is InChI=1S/C45H78N2O6/c1-7-9-10-11-12-13-14-15-16-17-18-19-20-21-22-23-41(50)46-28-29-47-42(51)33-38(49)32-37(48)26-27-39-35(4)24-25-36-30-34(3)31-40(43(36)39)53-44(52)45(5,6)8-2/h15-16,24-25,30,34-35,37-40,43,48-49H,7-14,17-23,26-29,31-33H2,1-6H3,(H,46,50)(H,47,51)/t34-,35-,37-,38+,39-,40?,43?/m0/s1. The molecule has 2 unspecified atom stereocenters. The van der Waals surface area contributed by atoms with Crippen LogP contribution < -0.4 is 10.6 Å². The van der Waals surface area contributed by atoms with Gasteiger partial charge in [0.1, 0.15) is 6.10 Å². The van der Waals surface area contributed by atoms with Gasteiger partial charge in [0.15, 0.2) is 0 Å². The van der Waals surface area contributed by atoms with Gasteiger partial charge in [0.25, 0.3) is 0 Å². The van der Waals surface area contributed by atoms with Gasteiger partial charge in [-0.1, -0.05) is 109 Å². The molecule has 0 saturated carbocycles. The molecule has 0 heterocycles. The first-order chi connectivity index (χ1) is 25.4. The normalized spacial score (nSPS) is 22.6. The lowest BCUT2D eigenvalue weighted by atomic mass is 9.65. The van der Waals surface area contributed by atoms with Gasteiger partial charge in [0.05, 0.1) is 24.0 Å². The lowest BCUT2D eigenvalue weighted by molar-refractivity contribution is -0.164. The summed E-state index contributed by atoms with van der Waals surface area (Å²) < 4.78 is 6.20. The third-order valence-electron chi connectivity index (χ3n) is 11.5. The minimum Gasteiger partial charge on any atom is -0.461 e. The van der Waals surface area contributed by atoms with E-state index in [0.29, 0.717) is 38.3 Å². The molecular weight excluding hydrogens is 665 g/mol. The van der Waals surface area contributed by atoms with Crippen molar-refractivity contribution in [2.24, 2.45) is 29.1 Å². The number of carbonyl (C=O) groups is 3. The van der Waals surface area contributed by atoms with Crippen LogP contribution in [-0.2, 0) is 19.1 Å². The quantitative estimate of drug-likeness (QED) is 0.0360. The van der Waals surface area contributed by atoms with Crippen LogP contribution in [0.5, 0.6) is 0 Å². The van der Waals surface area contributed by atoms with Crippen molar-refractivity contribution >= 4 is 17.8 Å². The second-order valence-electron chi connectivity index (χ2n) is 16.8. The molecule has 4 N–H and O–H groups in total. The number of esters is 1. The molecule has 0 saturated heterocycles. The van der Waals surface area contributed by atoms with E-state index in [9.17, 15) is 24.6 Å². The van der Waals surface area contributed by atoms with Crippen molar-refractivity contribution in [1.29, 1.82) is 0 Å². The van der Waals surface area contributed by atoms with Gasteiger partial charge in [-0.15, -0.1) is 0 Å². The van der Waals surface area contributed by atoms with E-state index in [4.69, 9.17) is 4.74 Å². The van der Waals surface area contributed by atoms with E-state index >= 15 is 0 Å². The molecule has 0 aromatic rings. The van der Waals surface area contributed by atoms with E-state index < -0.39 is 17.6 Å². The molecule has 304 valence electrons. The highest BCUT2D eigenvalue weighted by Crippen LogP contribution is 2.45. The van der Waals surface area contributed by atoms with Crippen molar-refractivity contribution < 1.29 is 29.3 Å². The topological polar surface area (TPSA) is 125 Å². The van der Waals surface area contributed by atoms with Gasteiger partial charge in [-0.05, 0) is 101 Å². The summed E-state index contributed by atoms with van der Waals surface area (Å²) in [5, 5.41) is 27.1. The Morgan fingerprint density at radius 1 is 0.868 bits per heavy atom. The first-order valence-corrected chi connectivity index (χ1v) is 21.5. The van der Waals surface area contributed by atoms with Crippen LogP contribution in [0.15, 0.2) is 36.0 Å². The fraction of sp³-hybridized carbons (Fsp3) is 0.800. The molecule has 2 rings (SSSR count). The SMILES string of the molecule is CCCCCCCCC=CCCCCCCCC(=O)NCCNC(=O)C[C@H](O)C[C@@H](O)CC[C@@H]1C2C(=C[C@H](C)CC2OC(=O)C(C)(C)CC)C=C[C@@H]1C.